The van der Waals surface area contributed by atoms with E-state index in [9.17, 15) is 9.59 Å². The number of carbonyl (C=O) groups is 2. The number of hydrogen-bond acceptors (Lipinski definition) is 3. The molecule has 0 heterocycles. The van der Waals surface area contributed by atoms with E-state index in [0.29, 0.717) is 13.1 Å². The van der Waals surface area contributed by atoms with Crippen molar-refractivity contribution in [3.63, 3.8) is 0 Å². The Morgan fingerprint density at radius 1 is 0.909 bits per heavy atom. The van der Waals surface area contributed by atoms with Gasteiger partial charge in [-0.25, -0.2) is 0 Å². The second kappa shape index (κ2) is 10.1. The molecule has 2 saturated carbocycles. The van der Waals surface area contributed by atoms with Gasteiger partial charge in [-0.15, -0.1) is 12.4 Å². The van der Waals surface area contributed by atoms with Crippen LogP contribution in [-0.4, -0.2) is 30.9 Å². The van der Waals surface area contributed by atoms with E-state index in [2.05, 4.69) is 10.6 Å². The molecule has 2 amide bonds. The molecule has 5 nitrogen and oxygen atoms in total. The van der Waals surface area contributed by atoms with Crippen LogP contribution in [0.2, 0.25) is 0 Å². The summed E-state index contributed by atoms with van der Waals surface area (Å²) >= 11 is 0. The van der Waals surface area contributed by atoms with Crippen LogP contribution in [0.3, 0.4) is 0 Å². The van der Waals surface area contributed by atoms with E-state index in [1.807, 2.05) is 0 Å². The van der Waals surface area contributed by atoms with E-state index in [1.54, 1.807) is 0 Å². The van der Waals surface area contributed by atoms with Gasteiger partial charge in [0.1, 0.15) is 0 Å². The number of nitrogens with two attached hydrogens (primary N) is 1. The molecular weight excluding hydrogens is 302 g/mol. The van der Waals surface area contributed by atoms with Crippen molar-refractivity contribution in [1.82, 2.24) is 10.6 Å². The standard InChI is InChI=1S/C16H29N3O2.ClH/c17-10-3-11-18-15(20)13-6-8-14(9-7-13)19-16(21)12-4-1-2-5-12;/h12-14H,1-11,17H2,(H,18,20)(H,19,21);1H. The highest BCUT2D eigenvalue weighted by atomic mass is 35.5. The van der Waals surface area contributed by atoms with Crippen LogP contribution in [0.5, 0.6) is 0 Å². The highest BCUT2D eigenvalue weighted by Crippen LogP contribution is 2.27. The molecule has 0 aliphatic heterocycles. The van der Waals surface area contributed by atoms with Gasteiger partial charge in [-0.1, -0.05) is 12.8 Å². The number of halogens is 1. The zero-order chi connectivity index (χ0) is 15.1. The Hall–Kier alpha value is -0.810. The fourth-order valence-electron chi connectivity index (χ4n) is 3.46. The summed E-state index contributed by atoms with van der Waals surface area (Å²) < 4.78 is 0. The third-order valence-corrected chi connectivity index (χ3v) is 4.85. The minimum atomic E-state index is 0. The van der Waals surface area contributed by atoms with Crippen LogP contribution < -0.4 is 16.4 Å². The Morgan fingerprint density at radius 2 is 1.50 bits per heavy atom. The van der Waals surface area contributed by atoms with Crippen molar-refractivity contribution in [1.29, 1.82) is 0 Å². The van der Waals surface area contributed by atoms with E-state index in [1.165, 1.54) is 12.8 Å². The number of nitrogens with one attached hydrogen (secondary N) is 2. The molecule has 0 bridgehead atoms. The molecule has 0 spiro atoms. The van der Waals surface area contributed by atoms with Gasteiger partial charge >= 0.3 is 0 Å². The van der Waals surface area contributed by atoms with Crippen molar-refractivity contribution in [3.05, 3.63) is 0 Å². The van der Waals surface area contributed by atoms with Gasteiger partial charge in [-0.3, -0.25) is 9.59 Å². The van der Waals surface area contributed by atoms with Crippen LogP contribution >= 0.6 is 12.4 Å². The summed E-state index contributed by atoms with van der Waals surface area (Å²) in [5, 5.41) is 6.13. The smallest absolute Gasteiger partial charge is 0.223 e. The maximum absolute atomic E-state index is 12.1. The summed E-state index contributed by atoms with van der Waals surface area (Å²) in [5.74, 6) is 0.747. The van der Waals surface area contributed by atoms with E-state index in [0.717, 1.165) is 44.9 Å². The molecular formula is C16H30ClN3O2. The SMILES string of the molecule is Cl.NCCCNC(=O)C1CCC(NC(=O)C2CCCC2)CC1. The van der Waals surface area contributed by atoms with E-state index in [4.69, 9.17) is 5.73 Å². The first-order chi connectivity index (χ1) is 10.2. The van der Waals surface area contributed by atoms with Crippen molar-refractivity contribution in [2.45, 2.75) is 63.8 Å². The van der Waals surface area contributed by atoms with Crippen LogP contribution in [0, 0.1) is 11.8 Å². The maximum atomic E-state index is 12.1. The summed E-state index contributed by atoms with van der Waals surface area (Å²) in [4.78, 5) is 24.1. The molecule has 2 aliphatic carbocycles. The van der Waals surface area contributed by atoms with E-state index in [-0.39, 0.29) is 42.1 Å². The fraction of sp³-hybridized carbons (Fsp3) is 0.875. The molecule has 2 rings (SSSR count). The zero-order valence-electron chi connectivity index (χ0n) is 13.3. The lowest BCUT2D eigenvalue weighted by molar-refractivity contribution is -0.126. The van der Waals surface area contributed by atoms with Crippen molar-refractivity contribution in [2.75, 3.05) is 13.1 Å². The molecule has 22 heavy (non-hydrogen) atoms. The van der Waals surface area contributed by atoms with Gasteiger partial charge in [0.25, 0.3) is 0 Å². The third kappa shape index (κ3) is 5.76. The lowest BCUT2D eigenvalue weighted by Crippen LogP contribution is -2.42. The van der Waals surface area contributed by atoms with Crippen molar-refractivity contribution < 1.29 is 9.59 Å². The minimum Gasteiger partial charge on any atom is -0.356 e. The average molecular weight is 332 g/mol. The van der Waals surface area contributed by atoms with E-state index < -0.39 is 0 Å². The van der Waals surface area contributed by atoms with Crippen molar-refractivity contribution in [3.8, 4) is 0 Å². The normalized spacial score (nSPS) is 25.3. The third-order valence-electron chi connectivity index (χ3n) is 4.85. The summed E-state index contributed by atoms with van der Waals surface area (Å²) in [6.07, 6.45) is 8.91. The monoisotopic (exact) mass is 331 g/mol. The van der Waals surface area contributed by atoms with Crippen LogP contribution in [-0.2, 0) is 9.59 Å². The molecule has 2 fully saturated rings. The van der Waals surface area contributed by atoms with Gasteiger partial charge in [0.05, 0.1) is 0 Å². The Balaban J connectivity index is 0.00000242. The predicted molar refractivity (Wildman–Crippen MR) is 89.8 cm³/mol. The van der Waals surface area contributed by atoms with E-state index >= 15 is 0 Å². The summed E-state index contributed by atoms with van der Waals surface area (Å²) in [5.41, 5.74) is 5.42. The highest BCUT2D eigenvalue weighted by Gasteiger charge is 2.29. The molecule has 6 heteroatoms. The first-order valence-electron chi connectivity index (χ1n) is 8.49. The largest absolute Gasteiger partial charge is 0.356 e. The molecule has 2 aliphatic rings. The number of rotatable bonds is 6. The van der Waals surface area contributed by atoms with Gasteiger partial charge in [0.2, 0.25) is 11.8 Å². The zero-order valence-corrected chi connectivity index (χ0v) is 14.1. The van der Waals surface area contributed by atoms with Crippen LogP contribution in [0.4, 0.5) is 0 Å². The Morgan fingerprint density at radius 3 is 2.09 bits per heavy atom. The van der Waals surface area contributed by atoms with Gasteiger partial charge in [0, 0.05) is 24.4 Å². The molecule has 128 valence electrons. The summed E-state index contributed by atoms with van der Waals surface area (Å²) in [6, 6.07) is 0.270. The Labute approximate surface area is 139 Å². The molecule has 0 aromatic heterocycles. The Bertz CT molecular complexity index is 351. The highest BCUT2D eigenvalue weighted by molar-refractivity contribution is 5.85. The van der Waals surface area contributed by atoms with Gasteiger partial charge in [-0.05, 0) is 51.5 Å². The lowest BCUT2D eigenvalue weighted by Gasteiger charge is -2.29. The lowest BCUT2D eigenvalue weighted by atomic mass is 9.85. The summed E-state index contributed by atoms with van der Waals surface area (Å²) in [7, 11) is 0. The fourth-order valence-corrected chi connectivity index (χ4v) is 3.46. The van der Waals surface area contributed by atoms with Crippen molar-refractivity contribution in [2.24, 2.45) is 17.6 Å². The van der Waals surface area contributed by atoms with Gasteiger partial charge in [-0.2, -0.15) is 0 Å². The van der Waals surface area contributed by atoms with Gasteiger partial charge < -0.3 is 16.4 Å². The molecule has 0 atom stereocenters. The maximum Gasteiger partial charge on any atom is 0.223 e. The number of hydrogen-bond donors (Lipinski definition) is 3. The first-order valence-corrected chi connectivity index (χ1v) is 8.49. The average Bonchev–Trinajstić information content (AvgIpc) is 3.02. The molecule has 0 aromatic rings. The van der Waals surface area contributed by atoms with Crippen LogP contribution in [0.25, 0.3) is 0 Å². The Kier molecular flexibility index (Phi) is 8.79. The second-order valence-corrected chi connectivity index (χ2v) is 6.47. The molecule has 0 unspecified atom stereocenters. The van der Waals surface area contributed by atoms with Crippen molar-refractivity contribution >= 4 is 24.2 Å². The quantitative estimate of drug-likeness (QED) is 0.648. The predicted octanol–water partition coefficient (Wildman–Crippen LogP) is 1.74. The summed E-state index contributed by atoms with van der Waals surface area (Å²) in [6.45, 7) is 1.29. The minimum absolute atomic E-state index is 0. The molecule has 0 radical (unpaired) electrons. The van der Waals surface area contributed by atoms with Gasteiger partial charge in [0.15, 0.2) is 0 Å². The molecule has 0 saturated heterocycles. The first kappa shape index (κ1) is 19.2. The second-order valence-electron chi connectivity index (χ2n) is 6.47. The van der Waals surface area contributed by atoms with Crippen LogP contribution in [0.1, 0.15) is 57.8 Å². The number of amides is 2. The molecule has 0 aromatic carbocycles. The topological polar surface area (TPSA) is 84.2 Å². The number of carbonyl (C=O) groups excluding carboxylic acids is 2. The molecule has 4 N–H and O–H groups in total. The van der Waals surface area contributed by atoms with Crippen LogP contribution in [0.15, 0.2) is 0 Å².